The molecule has 2 aromatic rings. The van der Waals surface area contributed by atoms with Gasteiger partial charge in [-0.15, -0.1) is 0 Å². The summed E-state index contributed by atoms with van der Waals surface area (Å²) in [5, 5.41) is 21.2. The van der Waals surface area contributed by atoms with E-state index < -0.39 is 0 Å². The van der Waals surface area contributed by atoms with E-state index in [0.717, 1.165) is 15.7 Å². The molecule has 4 heteroatoms. The third kappa shape index (κ3) is 3.17. The number of nitriles is 2. The third-order valence-corrected chi connectivity index (χ3v) is 3.54. The van der Waals surface area contributed by atoms with Crippen molar-refractivity contribution in [3.8, 4) is 12.1 Å². The molecule has 98 valence electrons. The molecule has 0 fully saturated rings. The predicted octanol–water partition coefficient (Wildman–Crippen LogP) is 4.37. The van der Waals surface area contributed by atoms with Gasteiger partial charge in [0, 0.05) is 16.2 Å². The smallest absolute Gasteiger partial charge is 0.101 e. The molecule has 0 bridgehead atoms. The van der Waals surface area contributed by atoms with Gasteiger partial charge in [-0.05, 0) is 42.8 Å². The molecule has 0 heterocycles. The highest BCUT2D eigenvalue weighted by Gasteiger charge is 2.07. The van der Waals surface area contributed by atoms with E-state index in [-0.39, 0.29) is 6.04 Å². The lowest BCUT2D eigenvalue weighted by molar-refractivity contribution is 0.884. The predicted molar refractivity (Wildman–Crippen MR) is 82.1 cm³/mol. The van der Waals surface area contributed by atoms with E-state index in [1.807, 2.05) is 49.4 Å². The van der Waals surface area contributed by atoms with Gasteiger partial charge in [-0.2, -0.15) is 10.5 Å². The van der Waals surface area contributed by atoms with Crippen molar-refractivity contribution in [2.75, 3.05) is 5.32 Å². The van der Waals surface area contributed by atoms with E-state index in [2.05, 4.69) is 21.2 Å². The zero-order valence-corrected chi connectivity index (χ0v) is 12.5. The Morgan fingerprint density at radius 1 is 1.00 bits per heavy atom. The normalized spacial score (nSPS) is 11.2. The summed E-state index contributed by atoms with van der Waals surface area (Å²) in [7, 11) is 0. The molecule has 0 amide bonds. The van der Waals surface area contributed by atoms with Crippen molar-refractivity contribution >= 4 is 21.6 Å². The fourth-order valence-corrected chi connectivity index (χ4v) is 2.17. The number of nitrogens with zero attached hydrogens (tertiary/aromatic N) is 2. The highest BCUT2D eigenvalue weighted by Crippen LogP contribution is 2.22. The topological polar surface area (TPSA) is 59.6 Å². The van der Waals surface area contributed by atoms with Crippen LogP contribution in [0.4, 0.5) is 5.69 Å². The minimum absolute atomic E-state index is 0.113. The zero-order valence-electron chi connectivity index (χ0n) is 10.9. The second kappa shape index (κ2) is 6.23. The van der Waals surface area contributed by atoms with Crippen LogP contribution in [0.1, 0.15) is 29.7 Å². The van der Waals surface area contributed by atoms with Crippen LogP contribution in [0.3, 0.4) is 0 Å². The van der Waals surface area contributed by atoms with Crippen LogP contribution >= 0.6 is 15.9 Å². The summed E-state index contributed by atoms with van der Waals surface area (Å²) in [5.41, 5.74) is 2.77. The van der Waals surface area contributed by atoms with Crippen LogP contribution in [-0.4, -0.2) is 0 Å². The molecule has 0 saturated heterocycles. The van der Waals surface area contributed by atoms with Gasteiger partial charge in [0.05, 0.1) is 11.1 Å². The van der Waals surface area contributed by atoms with E-state index in [1.165, 1.54) is 0 Å². The van der Waals surface area contributed by atoms with Crippen molar-refractivity contribution in [3.05, 3.63) is 63.6 Å². The van der Waals surface area contributed by atoms with Crippen molar-refractivity contribution in [2.24, 2.45) is 0 Å². The van der Waals surface area contributed by atoms with Crippen molar-refractivity contribution in [3.63, 3.8) is 0 Å². The minimum Gasteiger partial charge on any atom is -0.378 e. The van der Waals surface area contributed by atoms with Gasteiger partial charge in [0.2, 0.25) is 0 Å². The summed E-state index contributed by atoms with van der Waals surface area (Å²) in [5.74, 6) is 0. The van der Waals surface area contributed by atoms with E-state index in [0.29, 0.717) is 11.1 Å². The van der Waals surface area contributed by atoms with E-state index in [1.54, 1.807) is 12.1 Å². The van der Waals surface area contributed by atoms with Crippen LogP contribution < -0.4 is 5.32 Å². The average molecular weight is 326 g/mol. The summed E-state index contributed by atoms with van der Waals surface area (Å²) < 4.78 is 1.04. The molecule has 3 nitrogen and oxygen atoms in total. The molecule has 0 spiro atoms. The summed E-state index contributed by atoms with van der Waals surface area (Å²) in [6.07, 6.45) is 0. The Bertz CT molecular complexity index is 693. The molecule has 0 aliphatic heterocycles. The Kier molecular flexibility index (Phi) is 4.40. The van der Waals surface area contributed by atoms with Crippen LogP contribution in [0.15, 0.2) is 46.9 Å². The maximum Gasteiger partial charge on any atom is 0.101 e. The van der Waals surface area contributed by atoms with Crippen LogP contribution in [-0.2, 0) is 0 Å². The van der Waals surface area contributed by atoms with Gasteiger partial charge in [-0.25, -0.2) is 0 Å². The Hall–Kier alpha value is -2.30. The molecule has 1 atom stereocenters. The fourth-order valence-electron chi connectivity index (χ4n) is 1.91. The van der Waals surface area contributed by atoms with Crippen molar-refractivity contribution < 1.29 is 0 Å². The van der Waals surface area contributed by atoms with Crippen LogP contribution in [0.2, 0.25) is 0 Å². The molecule has 0 radical (unpaired) electrons. The Morgan fingerprint density at radius 2 is 1.65 bits per heavy atom. The lowest BCUT2D eigenvalue weighted by atomic mass is 10.1. The molecule has 0 aliphatic rings. The fraction of sp³-hybridized carbons (Fsp3) is 0.125. The van der Waals surface area contributed by atoms with Gasteiger partial charge < -0.3 is 5.32 Å². The Labute approximate surface area is 126 Å². The monoisotopic (exact) mass is 325 g/mol. The molecule has 2 aromatic carbocycles. The SMILES string of the molecule is CC(Nc1ccc(C#N)c(C#N)c1)c1ccc(Br)cc1. The van der Waals surface area contributed by atoms with Crippen LogP contribution in [0, 0.1) is 22.7 Å². The molecule has 0 aromatic heterocycles. The molecule has 2 rings (SSSR count). The van der Waals surface area contributed by atoms with Crippen LogP contribution in [0.25, 0.3) is 0 Å². The zero-order chi connectivity index (χ0) is 14.5. The summed E-state index contributed by atoms with van der Waals surface area (Å²) in [6.45, 7) is 2.05. The van der Waals surface area contributed by atoms with Gasteiger partial charge in [-0.1, -0.05) is 28.1 Å². The van der Waals surface area contributed by atoms with Gasteiger partial charge in [0.1, 0.15) is 12.1 Å². The number of rotatable bonds is 3. The minimum atomic E-state index is 0.113. The maximum atomic E-state index is 9.02. The van der Waals surface area contributed by atoms with Crippen molar-refractivity contribution in [1.29, 1.82) is 10.5 Å². The quantitative estimate of drug-likeness (QED) is 0.911. The highest BCUT2D eigenvalue weighted by atomic mass is 79.9. The van der Waals surface area contributed by atoms with E-state index >= 15 is 0 Å². The first kappa shape index (κ1) is 14.1. The second-order valence-corrected chi connectivity index (χ2v) is 5.32. The highest BCUT2D eigenvalue weighted by molar-refractivity contribution is 9.10. The summed E-state index contributed by atoms with van der Waals surface area (Å²) in [6, 6.07) is 17.4. The number of hydrogen-bond acceptors (Lipinski definition) is 3. The molecule has 20 heavy (non-hydrogen) atoms. The summed E-state index contributed by atoms with van der Waals surface area (Å²) >= 11 is 3.41. The van der Waals surface area contributed by atoms with E-state index in [4.69, 9.17) is 10.5 Å². The standard InChI is InChI=1S/C16H12BrN3/c1-11(12-2-5-15(17)6-3-12)20-16-7-4-13(9-18)14(8-16)10-19/h2-8,11,20H,1H3. The van der Waals surface area contributed by atoms with E-state index in [9.17, 15) is 0 Å². The van der Waals surface area contributed by atoms with Gasteiger partial charge >= 0.3 is 0 Å². The molecule has 1 unspecified atom stereocenters. The number of halogens is 1. The van der Waals surface area contributed by atoms with Gasteiger partial charge in [0.15, 0.2) is 0 Å². The molecular weight excluding hydrogens is 314 g/mol. The maximum absolute atomic E-state index is 9.02. The third-order valence-electron chi connectivity index (χ3n) is 3.01. The first-order chi connectivity index (χ1) is 9.63. The second-order valence-electron chi connectivity index (χ2n) is 4.40. The first-order valence-corrected chi connectivity index (χ1v) is 6.89. The number of benzene rings is 2. The van der Waals surface area contributed by atoms with Crippen molar-refractivity contribution in [2.45, 2.75) is 13.0 Å². The Morgan fingerprint density at radius 3 is 2.25 bits per heavy atom. The number of hydrogen-bond donors (Lipinski definition) is 1. The molecular formula is C16H12BrN3. The largest absolute Gasteiger partial charge is 0.378 e. The lowest BCUT2D eigenvalue weighted by Crippen LogP contribution is -2.06. The van der Waals surface area contributed by atoms with Crippen molar-refractivity contribution in [1.82, 2.24) is 0 Å². The number of nitrogens with one attached hydrogen (secondary N) is 1. The lowest BCUT2D eigenvalue weighted by Gasteiger charge is -2.16. The van der Waals surface area contributed by atoms with Gasteiger partial charge in [-0.3, -0.25) is 0 Å². The molecule has 1 N–H and O–H groups in total. The summed E-state index contributed by atoms with van der Waals surface area (Å²) in [4.78, 5) is 0. The molecule has 0 aliphatic carbocycles. The first-order valence-electron chi connectivity index (χ1n) is 6.10. The Balaban J connectivity index is 2.20. The van der Waals surface area contributed by atoms with Gasteiger partial charge in [0.25, 0.3) is 0 Å². The number of anilines is 1. The average Bonchev–Trinajstić information content (AvgIpc) is 2.47. The van der Waals surface area contributed by atoms with Crippen LogP contribution in [0.5, 0.6) is 0 Å². The molecule has 0 saturated carbocycles.